The summed E-state index contributed by atoms with van der Waals surface area (Å²) in [6.45, 7) is 0. The lowest BCUT2D eigenvalue weighted by molar-refractivity contribution is -0.115. The lowest BCUT2D eigenvalue weighted by Crippen LogP contribution is -2.15. The molecule has 0 aliphatic carbocycles. The number of nitriles is 1. The molecule has 6 nitrogen and oxygen atoms in total. The summed E-state index contributed by atoms with van der Waals surface area (Å²) in [6, 6.07) is 19.6. The second kappa shape index (κ2) is 8.10. The topological polar surface area (TPSA) is 90.7 Å². The highest BCUT2D eigenvalue weighted by Gasteiger charge is 2.07. The van der Waals surface area contributed by atoms with Crippen molar-refractivity contribution in [2.24, 2.45) is 0 Å². The van der Waals surface area contributed by atoms with Crippen LogP contribution in [-0.4, -0.2) is 16.1 Å². The molecule has 1 amide bonds. The number of anilines is 3. The number of nitrogens with zero attached hydrogens (tertiary/aromatic N) is 3. The molecule has 0 unspecified atom stereocenters. The number of halogens is 1. The molecule has 0 fully saturated rings. The van der Waals surface area contributed by atoms with Crippen LogP contribution in [0.1, 0.15) is 11.1 Å². The van der Waals surface area contributed by atoms with E-state index < -0.39 is 0 Å². The third kappa shape index (κ3) is 4.56. The number of rotatable bonds is 5. The summed E-state index contributed by atoms with van der Waals surface area (Å²) >= 11 is 5.83. The average Bonchev–Trinajstić information content (AvgIpc) is 2.65. The minimum atomic E-state index is -0.197. The minimum Gasteiger partial charge on any atom is -0.338 e. The molecule has 0 radical (unpaired) electrons. The smallest absolute Gasteiger partial charge is 0.229 e. The van der Waals surface area contributed by atoms with Crippen LogP contribution < -0.4 is 10.6 Å². The predicted molar refractivity (Wildman–Crippen MR) is 100 cm³/mol. The fourth-order valence-electron chi connectivity index (χ4n) is 2.27. The van der Waals surface area contributed by atoms with Crippen molar-refractivity contribution in [2.45, 2.75) is 6.42 Å². The van der Waals surface area contributed by atoms with Gasteiger partial charge in [0.1, 0.15) is 6.07 Å². The van der Waals surface area contributed by atoms with Crippen molar-refractivity contribution >= 4 is 34.8 Å². The Hall–Kier alpha value is -3.43. The van der Waals surface area contributed by atoms with Crippen molar-refractivity contribution in [3.8, 4) is 6.07 Å². The molecule has 0 aliphatic heterocycles. The van der Waals surface area contributed by atoms with Gasteiger partial charge in [0, 0.05) is 5.02 Å². The molecule has 7 heteroatoms. The molecule has 128 valence electrons. The Balaban J connectivity index is 1.61. The van der Waals surface area contributed by atoms with Gasteiger partial charge in [0.25, 0.3) is 0 Å². The maximum atomic E-state index is 12.1. The van der Waals surface area contributed by atoms with Crippen molar-refractivity contribution in [3.05, 3.63) is 76.8 Å². The normalized spacial score (nSPS) is 10.0. The molecule has 0 bridgehead atoms. The first-order valence-corrected chi connectivity index (χ1v) is 8.16. The van der Waals surface area contributed by atoms with Gasteiger partial charge in [-0.25, -0.2) is 0 Å². The maximum absolute atomic E-state index is 12.1. The Bertz CT molecular complexity index is 949. The molecule has 0 saturated carbocycles. The molecule has 0 spiro atoms. The van der Waals surface area contributed by atoms with Gasteiger partial charge in [0.2, 0.25) is 5.91 Å². The van der Waals surface area contributed by atoms with Gasteiger partial charge >= 0.3 is 0 Å². The van der Waals surface area contributed by atoms with Gasteiger partial charge < -0.3 is 10.6 Å². The number of benzene rings is 2. The summed E-state index contributed by atoms with van der Waals surface area (Å²) in [5.74, 6) is 0.628. The number of aromatic nitrogens is 2. The summed E-state index contributed by atoms with van der Waals surface area (Å²) in [4.78, 5) is 12.1. The van der Waals surface area contributed by atoms with Crippen LogP contribution >= 0.6 is 11.6 Å². The van der Waals surface area contributed by atoms with Gasteiger partial charge in [0.15, 0.2) is 11.6 Å². The Kier molecular flexibility index (Phi) is 5.42. The Labute approximate surface area is 155 Å². The van der Waals surface area contributed by atoms with E-state index in [9.17, 15) is 4.79 Å². The van der Waals surface area contributed by atoms with Crippen LogP contribution in [0.15, 0.2) is 60.7 Å². The fourth-order valence-corrected chi connectivity index (χ4v) is 2.39. The molecule has 2 aromatic carbocycles. The number of para-hydroxylation sites is 1. The second-order valence-electron chi connectivity index (χ2n) is 5.44. The first-order valence-electron chi connectivity index (χ1n) is 7.78. The number of carbonyl (C=O) groups is 1. The van der Waals surface area contributed by atoms with E-state index in [4.69, 9.17) is 16.9 Å². The molecular formula is C19H14ClN5O. The van der Waals surface area contributed by atoms with Gasteiger partial charge in [-0.05, 0) is 42.0 Å². The monoisotopic (exact) mass is 363 g/mol. The molecule has 3 rings (SSSR count). The van der Waals surface area contributed by atoms with E-state index in [-0.39, 0.29) is 12.3 Å². The number of amides is 1. The zero-order chi connectivity index (χ0) is 18.4. The summed E-state index contributed by atoms with van der Waals surface area (Å²) in [7, 11) is 0. The van der Waals surface area contributed by atoms with Crippen LogP contribution in [0, 0.1) is 11.3 Å². The summed E-state index contributed by atoms with van der Waals surface area (Å²) in [5, 5.41) is 23.4. The Morgan fingerprint density at radius 2 is 1.69 bits per heavy atom. The molecule has 0 atom stereocenters. The van der Waals surface area contributed by atoms with Crippen LogP contribution in [0.2, 0.25) is 5.02 Å². The first-order chi connectivity index (χ1) is 12.6. The van der Waals surface area contributed by atoms with Crippen LogP contribution in [0.25, 0.3) is 0 Å². The Morgan fingerprint density at radius 1 is 1.00 bits per heavy atom. The van der Waals surface area contributed by atoms with Crippen molar-refractivity contribution in [2.75, 3.05) is 10.6 Å². The van der Waals surface area contributed by atoms with Crippen molar-refractivity contribution in [1.82, 2.24) is 10.2 Å². The number of carbonyl (C=O) groups excluding carboxylic acids is 1. The van der Waals surface area contributed by atoms with Gasteiger partial charge in [0.05, 0.1) is 17.7 Å². The predicted octanol–water partition coefficient (Wildman–Crippen LogP) is 3.93. The highest BCUT2D eigenvalue weighted by atomic mass is 35.5. The lowest BCUT2D eigenvalue weighted by atomic mass is 10.1. The van der Waals surface area contributed by atoms with Gasteiger partial charge in [-0.15, -0.1) is 10.2 Å². The van der Waals surface area contributed by atoms with E-state index in [0.29, 0.717) is 27.9 Å². The highest BCUT2D eigenvalue weighted by molar-refractivity contribution is 6.30. The highest BCUT2D eigenvalue weighted by Crippen LogP contribution is 2.19. The molecule has 0 aliphatic rings. The largest absolute Gasteiger partial charge is 0.338 e. The van der Waals surface area contributed by atoms with Crippen molar-refractivity contribution in [3.63, 3.8) is 0 Å². The van der Waals surface area contributed by atoms with Crippen LogP contribution in [0.4, 0.5) is 17.3 Å². The van der Waals surface area contributed by atoms with Gasteiger partial charge in [-0.1, -0.05) is 35.9 Å². The van der Waals surface area contributed by atoms with Crippen molar-refractivity contribution in [1.29, 1.82) is 5.26 Å². The summed E-state index contributed by atoms with van der Waals surface area (Å²) < 4.78 is 0. The summed E-state index contributed by atoms with van der Waals surface area (Å²) in [6.07, 6.45) is 0.217. The zero-order valence-electron chi connectivity index (χ0n) is 13.6. The quantitative estimate of drug-likeness (QED) is 0.716. The van der Waals surface area contributed by atoms with E-state index in [1.807, 2.05) is 6.07 Å². The van der Waals surface area contributed by atoms with E-state index >= 15 is 0 Å². The molecular weight excluding hydrogens is 350 g/mol. The molecule has 26 heavy (non-hydrogen) atoms. The molecule has 1 aromatic heterocycles. The zero-order valence-corrected chi connectivity index (χ0v) is 14.4. The maximum Gasteiger partial charge on any atom is 0.229 e. The standard InChI is InChI=1S/C19H14ClN5O/c20-15-7-5-13(6-8-15)11-19(26)23-18-10-9-17(24-25-18)22-16-4-2-1-3-14(16)12-21/h1-10H,11H2,(H,22,24)(H,23,25,26). The Morgan fingerprint density at radius 3 is 2.38 bits per heavy atom. The molecule has 0 saturated heterocycles. The third-order valence-electron chi connectivity index (χ3n) is 3.52. The van der Waals surface area contributed by atoms with E-state index in [1.165, 1.54) is 0 Å². The van der Waals surface area contributed by atoms with Crippen LogP contribution in [0.3, 0.4) is 0 Å². The van der Waals surface area contributed by atoms with Gasteiger partial charge in [-0.3, -0.25) is 4.79 Å². The average molecular weight is 364 g/mol. The van der Waals surface area contributed by atoms with E-state index in [1.54, 1.807) is 54.6 Å². The molecule has 1 heterocycles. The third-order valence-corrected chi connectivity index (χ3v) is 3.77. The lowest BCUT2D eigenvalue weighted by Gasteiger charge is -2.08. The first kappa shape index (κ1) is 17.4. The van der Waals surface area contributed by atoms with Gasteiger partial charge in [-0.2, -0.15) is 5.26 Å². The number of hydrogen-bond donors (Lipinski definition) is 2. The number of nitrogens with one attached hydrogen (secondary N) is 2. The second-order valence-corrected chi connectivity index (χ2v) is 5.87. The van der Waals surface area contributed by atoms with Crippen molar-refractivity contribution < 1.29 is 4.79 Å². The van der Waals surface area contributed by atoms with Crippen LogP contribution in [-0.2, 0) is 11.2 Å². The van der Waals surface area contributed by atoms with E-state index in [2.05, 4.69) is 26.9 Å². The summed E-state index contributed by atoms with van der Waals surface area (Å²) in [5.41, 5.74) is 2.00. The molecule has 3 aromatic rings. The van der Waals surface area contributed by atoms with E-state index in [0.717, 1.165) is 5.56 Å². The SMILES string of the molecule is N#Cc1ccccc1Nc1ccc(NC(=O)Cc2ccc(Cl)cc2)nn1. The number of hydrogen-bond acceptors (Lipinski definition) is 5. The van der Waals surface area contributed by atoms with Crippen LogP contribution in [0.5, 0.6) is 0 Å². The minimum absolute atomic E-state index is 0.197. The fraction of sp³-hybridized carbons (Fsp3) is 0.0526. The molecule has 2 N–H and O–H groups in total.